The molecule has 0 saturated carbocycles. The van der Waals surface area contributed by atoms with Gasteiger partial charge in [-0.3, -0.25) is 0 Å². The molecule has 0 heterocycles. The fraction of sp³-hybridized carbons (Fsp3) is 0.600. The molecule has 1 aromatic rings. The normalized spacial score (nSPS) is 14.4. The Labute approximate surface area is 130 Å². The molecule has 2 atom stereocenters. The lowest BCUT2D eigenvalue weighted by atomic mass is 10.0. The Morgan fingerprint density at radius 1 is 1.37 bits per heavy atom. The summed E-state index contributed by atoms with van der Waals surface area (Å²) in [7, 11) is 1.76. The molecular weight excluding hydrogens is 326 g/mol. The van der Waals surface area contributed by atoms with Gasteiger partial charge in [0.25, 0.3) is 0 Å². The molecule has 0 bridgehead atoms. The Kier molecular flexibility index (Phi) is 8.00. The molecule has 1 N–H and O–H groups in total. The highest BCUT2D eigenvalue weighted by atomic mass is 79.9. The summed E-state index contributed by atoms with van der Waals surface area (Å²) in [5, 5.41) is 4.36. The van der Waals surface area contributed by atoms with Crippen molar-refractivity contribution in [2.45, 2.75) is 45.3 Å². The van der Waals surface area contributed by atoms with Crippen molar-refractivity contribution in [1.82, 2.24) is 5.32 Å². The smallest absolute Gasteiger partial charge is 0.0543 e. The lowest BCUT2D eigenvalue weighted by Gasteiger charge is -2.20. The molecule has 0 aromatic heterocycles. The largest absolute Gasteiger partial charge is 0.382 e. The summed E-state index contributed by atoms with van der Waals surface area (Å²) in [5.74, 6) is 0. The average Bonchev–Trinajstić information content (AvgIpc) is 2.38. The Bertz CT molecular complexity index is 386. The second-order valence-corrected chi connectivity index (χ2v) is 6.14. The van der Waals surface area contributed by atoms with Crippen LogP contribution in [-0.4, -0.2) is 25.8 Å². The van der Waals surface area contributed by atoms with E-state index in [1.807, 2.05) is 12.1 Å². The third-order valence-electron chi connectivity index (χ3n) is 3.30. The quantitative estimate of drug-likeness (QED) is 0.750. The van der Waals surface area contributed by atoms with Gasteiger partial charge in [0.2, 0.25) is 0 Å². The lowest BCUT2D eigenvalue weighted by Crippen LogP contribution is -2.32. The highest BCUT2D eigenvalue weighted by molar-refractivity contribution is 9.10. The van der Waals surface area contributed by atoms with E-state index in [1.165, 1.54) is 5.56 Å². The molecule has 4 heteroatoms. The Morgan fingerprint density at radius 2 is 2.11 bits per heavy atom. The van der Waals surface area contributed by atoms with E-state index in [-0.39, 0.29) is 0 Å². The van der Waals surface area contributed by atoms with E-state index in [4.69, 9.17) is 16.3 Å². The average molecular weight is 349 g/mol. The van der Waals surface area contributed by atoms with Crippen molar-refractivity contribution in [3.63, 3.8) is 0 Å². The zero-order valence-electron chi connectivity index (χ0n) is 11.9. The summed E-state index contributed by atoms with van der Waals surface area (Å²) < 4.78 is 6.33. The van der Waals surface area contributed by atoms with Crippen LogP contribution in [0.1, 0.15) is 32.3 Å². The zero-order valence-corrected chi connectivity index (χ0v) is 14.2. The Balaban J connectivity index is 2.61. The van der Waals surface area contributed by atoms with Crippen LogP contribution in [-0.2, 0) is 11.2 Å². The molecule has 108 valence electrons. The van der Waals surface area contributed by atoms with Gasteiger partial charge in [0.1, 0.15) is 0 Å². The van der Waals surface area contributed by atoms with E-state index < -0.39 is 0 Å². The molecule has 2 nitrogen and oxygen atoms in total. The fourth-order valence-corrected chi connectivity index (χ4v) is 2.82. The molecule has 0 saturated heterocycles. The molecule has 0 aliphatic rings. The minimum atomic E-state index is 0.307. The number of halogens is 2. The van der Waals surface area contributed by atoms with Gasteiger partial charge in [0.05, 0.1) is 6.10 Å². The first-order valence-electron chi connectivity index (χ1n) is 6.76. The van der Waals surface area contributed by atoms with Crippen LogP contribution in [0.25, 0.3) is 0 Å². The number of rotatable bonds is 8. The Hall–Kier alpha value is -0.0900. The van der Waals surface area contributed by atoms with Gasteiger partial charge in [-0.15, -0.1) is 0 Å². The van der Waals surface area contributed by atoms with Crippen LogP contribution in [0, 0.1) is 0 Å². The van der Waals surface area contributed by atoms with Gasteiger partial charge in [-0.05, 0) is 50.4 Å². The van der Waals surface area contributed by atoms with Gasteiger partial charge in [0.15, 0.2) is 0 Å². The van der Waals surface area contributed by atoms with Crippen LogP contribution in [0.4, 0.5) is 0 Å². The van der Waals surface area contributed by atoms with Crippen molar-refractivity contribution in [3.05, 3.63) is 33.3 Å². The first-order valence-corrected chi connectivity index (χ1v) is 7.94. The molecule has 0 aliphatic heterocycles. The number of ether oxygens (including phenoxy) is 1. The summed E-state index contributed by atoms with van der Waals surface area (Å²) in [6.07, 6.45) is 3.41. The third kappa shape index (κ3) is 6.26. The molecule has 0 aliphatic carbocycles. The van der Waals surface area contributed by atoms with Crippen LogP contribution in [0.5, 0.6) is 0 Å². The van der Waals surface area contributed by atoms with E-state index in [2.05, 4.69) is 41.2 Å². The number of likely N-dealkylation sites (N-methyl/N-ethyl adjacent to an activating group) is 1. The van der Waals surface area contributed by atoms with Gasteiger partial charge in [-0.1, -0.05) is 40.5 Å². The van der Waals surface area contributed by atoms with Crippen LogP contribution in [0.15, 0.2) is 22.7 Å². The minimum absolute atomic E-state index is 0.307. The summed E-state index contributed by atoms with van der Waals surface area (Å²) in [4.78, 5) is 0. The van der Waals surface area contributed by atoms with Gasteiger partial charge in [0, 0.05) is 22.6 Å². The maximum Gasteiger partial charge on any atom is 0.0543 e. The van der Waals surface area contributed by atoms with Crippen molar-refractivity contribution >= 4 is 27.5 Å². The van der Waals surface area contributed by atoms with Gasteiger partial charge in [-0.25, -0.2) is 0 Å². The minimum Gasteiger partial charge on any atom is -0.382 e. The summed E-state index contributed by atoms with van der Waals surface area (Å²) >= 11 is 9.72. The standard InChI is InChI=1S/C15H23BrClNO/c1-4-18-14(8-5-11(2)19-3)9-12-6-7-13(16)10-15(12)17/h6-7,10-11,14,18H,4-5,8-9H2,1-3H3. The lowest BCUT2D eigenvalue weighted by molar-refractivity contribution is 0.106. The molecule has 0 amide bonds. The van der Waals surface area contributed by atoms with Crippen molar-refractivity contribution in [2.75, 3.05) is 13.7 Å². The highest BCUT2D eigenvalue weighted by Crippen LogP contribution is 2.23. The van der Waals surface area contributed by atoms with Crippen LogP contribution < -0.4 is 5.32 Å². The van der Waals surface area contributed by atoms with E-state index in [9.17, 15) is 0 Å². The van der Waals surface area contributed by atoms with E-state index in [0.717, 1.165) is 35.3 Å². The molecule has 0 fully saturated rings. The Morgan fingerprint density at radius 3 is 2.68 bits per heavy atom. The van der Waals surface area contributed by atoms with E-state index in [0.29, 0.717) is 12.1 Å². The number of methoxy groups -OCH3 is 1. The first-order chi connectivity index (χ1) is 9.06. The maximum atomic E-state index is 6.28. The van der Waals surface area contributed by atoms with Gasteiger partial charge >= 0.3 is 0 Å². The third-order valence-corrected chi connectivity index (χ3v) is 4.14. The highest BCUT2D eigenvalue weighted by Gasteiger charge is 2.12. The number of hydrogen-bond acceptors (Lipinski definition) is 2. The van der Waals surface area contributed by atoms with Gasteiger partial charge < -0.3 is 10.1 Å². The molecule has 0 radical (unpaired) electrons. The fourth-order valence-electron chi connectivity index (χ4n) is 2.07. The maximum absolute atomic E-state index is 6.28. The number of hydrogen-bond donors (Lipinski definition) is 1. The summed E-state index contributed by atoms with van der Waals surface area (Å²) in [6.45, 7) is 5.21. The molecule has 2 unspecified atom stereocenters. The molecular formula is C15H23BrClNO. The summed E-state index contributed by atoms with van der Waals surface area (Å²) in [6, 6.07) is 6.54. The molecule has 0 spiro atoms. The van der Waals surface area contributed by atoms with E-state index in [1.54, 1.807) is 7.11 Å². The van der Waals surface area contributed by atoms with Crippen molar-refractivity contribution in [1.29, 1.82) is 0 Å². The summed E-state index contributed by atoms with van der Waals surface area (Å²) in [5.41, 5.74) is 1.20. The van der Waals surface area contributed by atoms with Crippen molar-refractivity contribution in [2.24, 2.45) is 0 Å². The molecule has 19 heavy (non-hydrogen) atoms. The SMILES string of the molecule is CCNC(CCC(C)OC)Cc1ccc(Br)cc1Cl. The van der Waals surface area contributed by atoms with Gasteiger partial charge in [-0.2, -0.15) is 0 Å². The number of benzene rings is 1. The predicted molar refractivity (Wildman–Crippen MR) is 86.0 cm³/mol. The van der Waals surface area contributed by atoms with Crippen LogP contribution in [0.2, 0.25) is 5.02 Å². The van der Waals surface area contributed by atoms with Crippen molar-refractivity contribution < 1.29 is 4.74 Å². The topological polar surface area (TPSA) is 21.3 Å². The molecule has 1 rings (SSSR count). The second kappa shape index (κ2) is 8.96. The zero-order chi connectivity index (χ0) is 14.3. The second-order valence-electron chi connectivity index (χ2n) is 4.82. The predicted octanol–water partition coefficient (Wildman–Crippen LogP) is 4.44. The number of nitrogens with one attached hydrogen (secondary N) is 1. The van der Waals surface area contributed by atoms with Crippen LogP contribution >= 0.6 is 27.5 Å². The van der Waals surface area contributed by atoms with E-state index >= 15 is 0 Å². The monoisotopic (exact) mass is 347 g/mol. The first kappa shape index (κ1) is 17.0. The van der Waals surface area contributed by atoms with Crippen LogP contribution in [0.3, 0.4) is 0 Å². The molecule has 1 aromatic carbocycles. The van der Waals surface area contributed by atoms with Crippen molar-refractivity contribution in [3.8, 4) is 0 Å².